The lowest BCUT2D eigenvalue weighted by Gasteiger charge is -2.02. The van der Waals surface area contributed by atoms with Crippen molar-refractivity contribution in [3.63, 3.8) is 0 Å². The van der Waals surface area contributed by atoms with Crippen LogP contribution in [-0.2, 0) is 18.7 Å². The number of nitrogens with zero attached hydrogens (tertiary/aromatic N) is 1. The number of benzene rings is 1. The summed E-state index contributed by atoms with van der Waals surface area (Å²) in [4.78, 5) is 5.96. The summed E-state index contributed by atoms with van der Waals surface area (Å²) in [6, 6.07) is 8.75. The van der Waals surface area contributed by atoms with Crippen LogP contribution < -0.4 is 5.32 Å². The molecule has 2 nitrogen and oxygen atoms in total. The molecule has 2 aromatic rings. The van der Waals surface area contributed by atoms with Gasteiger partial charge >= 0.3 is 0 Å². The van der Waals surface area contributed by atoms with Crippen LogP contribution in [0.25, 0.3) is 0 Å². The number of hydrogen-bond acceptors (Lipinski definition) is 4. The van der Waals surface area contributed by atoms with Crippen LogP contribution in [0.1, 0.15) is 29.6 Å². The van der Waals surface area contributed by atoms with Crippen LogP contribution >= 0.6 is 23.1 Å². The molecule has 1 N–H and O–H groups in total. The van der Waals surface area contributed by atoms with E-state index in [0.717, 1.165) is 18.7 Å². The number of rotatable bonds is 7. The van der Waals surface area contributed by atoms with Crippen molar-refractivity contribution in [2.24, 2.45) is 0 Å². The van der Waals surface area contributed by atoms with E-state index in [0.29, 0.717) is 0 Å². The quantitative estimate of drug-likeness (QED) is 0.777. The van der Waals surface area contributed by atoms with Crippen LogP contribution in [0.2, 0.25) is 0 Å². The monoisotopic (exact) mass is 292 g/mol. The smallest absolute Gasteiger partial charge is 0.0928 e. The van der Waals surface area contributed by atoms with Gasteiger partial charge in [-0.25, -0.2) is 4.98 Å². The summed E-state index contributed by atoms with van der Waals surface area (Å²) in [6.45, 7) is 3.12. The fourth-order valence-corrected chi connectivity index (χ4v) is 3.61. The Kier molecular flexibility index (Phi) is 5.89. The van der Waals surface area contributed by atoms with Crippen LogP contribution in [0.5, 0.6) is 0 Å². The average molecular weight is 292 g/mol. The zero-order valence-corrected chi connectivity index (χ0v) is 13.1. The summed E-state index contributed by atoms with van der Waals surface area (Å²) in [6.07, 6.45) is 2.28. The molecule has 1 aromatic carbocycles. The standard InChI is InChI=1S/C15H20N2S2/c1-3-4-15-17-13(11-19-15)10-18-14-7-5-12(6-8-14)9-16-2/h5-8,11,16H,3-4,9-10H2,1-2H3. The van der Waals surface area contributed by atoms with Crippen molar-refractivity contribution >= 4 is 23.1 Å². The molecule has 1 heterocycles. The molecule has 102 valence electrons. The van der Waals surface area contributed by atoms with Gasteiger partial charge in [0.1, 0.15) is 0 Å². The van der Waals surface area contributed by atoms with Gasteiger partial charge in [0, 0.05) is 22.6 Å². The Morgan fingerprint density at radius 3 is 2.74 bits per heavy atom. The van der Waals surface area contributed by atoms with E-state index >= 15 is 0 Å². The van der Waals surface area contributed by atoms with Crippen molar-refractivity contribution in [3.8, 4) is 0 Å². The summed E-state index contributed by atoms with van der Waals surface area (Å²) >= 11 is 3.64. The normalized spacial score (nSPS) is 10.8. The first kappa shape index (κ1) is 14.6. The maximum atomic E-state index is 4.65. The highest BCUT2D eigenvalue weighted by Crippen LogP contribution is 2.24. The zero-order chi connectivity index (χ0) is 13.5. The molecular formula is C15H20N2S2. The Labute approximate surface area is 123 Å². The molecular weight excluding hydrogens is 272 g/mol. The Balaban J connectivity index is 1.86. The molecule has 0 bridgehead atoms. The maximum Gasteiger partial charge on any atom is 0.0928 e. The minimum atomic E-state index is 0.928. The van der Waals surface area contributed by atoms with E-state index in [4.69, 9.17) is 0 Å². The highest BCUT2D eigenvalue weighted by molar-refractivity contribution is 7.98. The Bertz CT molecular complexity index is 491. The molecule has 2 rings (SSSR count). The second-order valence-electron chi connectivity index (χ2n) is 4.45. The van der Waals surface area contributed by atoms with Gasteiger partial charge in [-0.3, -0.25) is 0 Å². The van der Waals surface area contributed by atoms with E-state index in [2.05, 4.69) is 46.9 Å². The van der Waals surface area contributed by atoms with Crippen LogP contribution in [0.15, 0.2) is 34.5 Å². The van der Waals surface area contributed by atoms with Gasteiger partial charge in [-0.1, -0.05) is 19.1 Å². The van der Waals surface area contributed by atoms with E-state index in [-0.39, 0.29) is 0 Å². The summed E-state index contributed by atoms with van der Waals surface area (Å²) in [7, 11) is 1.97. The Morgan fingerprint density at radius 1 is 1.26 bits per heavy atom. The first-order valence-electron chi connectivity index (χ1n) is 6.61. The van der Waals surface area contributed by atoms with Gasteiger partial charge in [0.05, 0.1) is 10.7 Å². The third kappa shape index (κ3) is 4.64. The fraction of sp³-hybridized carbons (Fsp3) is 0.400. The van der Waals surface area contributed by atoms with E-state index in [1.54, 1.807) is 11.3 Å². The molecule has 0 radical (unpaired) electrons. The van der Waals surface area contributed by atoms with Gasteiger partial charge in [0.15, 0.2) is 0 Å². The van der Waals surface area contributed by atoms with Gasteiger partial charge in [-0.05, 0) is 37.6 Å². The predicted octanol–water partition coefficient (Wildman–Crippen LogP) is 4.11. The van der Waals surface area contributed by atoms with Gasteiger partial charge in [-0.15, -0.1) is 23.1 Å². The van der Waals surface area contributed by atoms with Crippen molar-refractivity contribution in [2.75, 3.05) is 7.05 Å². The zero-order valence-electron chi connectivity index (χ0n) is 11.5. The number of hydrogen-bond donors (Lipinski definition) is 1. The summed E-state index contributed by atoms with van der Waals surface area (Å²) in [5.41, 5.74) is 2.53. The Hall–Kier alpha value is -0.840. The number of aryl methyl sites for hydroxylation is 1. The molecule has 0 fully saturated rings. The number of aromatic nitrogens is 1. The van der Waals surface area contributed by atoms with Gasteiger partial charge in [0.25, 0.3) is 0 Å². The van der Waals surface area contributed by atoms with Crippen LogP contribution in [0, 0.1) is 0 Å². The summed E-state index contributed by atoms with van der Waals surface area (Å²) < 4.78 is 0. The van der Waals surface area contributed by atoms with Crippen molar-refractivity contribution < 1.29 is 0 Å². The molecule has 4 heteroatoms. The van der Waals surface area contributed by atoms with Gasteiger partial charge in [0.2, 0.25) is 0 Å². The lowest BCUT2D eigenvalue weighted by Crippen LogP contribution is -2.04. The van der Waals surface area contributed by atoms with E-state index in [1.165, 1.54) is 27.6 Å². The highest BCUT2D eigenvalue weighted by atomic mass is 32.2. The van der Waals surface area contributed by atoms with E-state index in [9.17, 15) is 0 Å². The minimum absolute atomic E-state index is 0.928. The predicted molar refractivity (Wildman–Crippen MR) is 84.9 cm³/mol. The molecule has 0 unspecified atom stereocenters. The van der Waals surface area contributed by atoms with Crippen LogP contribution in [0.4, 0.5) is 0 Å². The molecule has 0 spiro atoms. The molecule has 0 aliphatic rings. The molecule has 0 saturated carbocycles. The maximum absolute atomic E-state index is 4.65. The molecule has 0 aliphatic carbocycles. The molecule has 1 aromatic heterocycles. The average Bonchev–Trinajstić information content (AvgIpc) is 2.87. The van der Waals surface area contributed by atoms with Crippen LogP contribution in [-0.4, -0.2) is 12.0 Å². The number of thioether (sulfide) groups is 1. The fourth-order valence-electron chi connectivity index (χ4n) is 1.81. The van der Waals surface area contributed by atoms with Crippen LogP contribution in [0.3, 0.4) is 0 Å². The molecule has 0 atom stereocenters. The Morgan fingerprint density at radius 2 is 2.05 bits per heavy atom. The summed E-state index contributed by atoms with van der Waals surface area (Å²) in [5.74, 6) is 0.964. The molecule has 0 aliphatic heterocycles. The largest absolute Gasteiger partial charge is 0.316 e. The number of thiazole rings is 1. The molecule has 0 amide bonds. The SMILES string of the molecule is CCCc1nc(CSc2ccc(CNC)cc2)cs1. The van der Waals surface area contributed by atoms with Crippen molar-refractivity contribution in [1.82, 2.24) is 10.3 Å². The highest BCUT2D eigenvalue weighted by Gasteiger charge is 2.02. The first-order valence-corrected chi connectivity index (χ1v) is 8.48. The second kappa shape index (κ2) is 7.68. The van der Waals surface area contributed by atoms with Crippen molar-refractivity contribution in [1.29, 1.82) is 0 Å². The lowest BCUT2D eigenvalue weighted by molar-refractivity contribution is 0.817. The van der Waals surface area contributed by atoms with Crippen molar-refractivity contribution in [2.45, 2.75) is 37.0 Å². The minimum Gasteiger partial charge on any atom is -0.316 e. The number of nitrogens with one attached hydrogen (secondary N) is 1. The second-order valence-corrected chi connectivity index (χ2v) is 6.44. The lowest BCUT2D eigenvalue weighted by atomic mass is 10.2. The topological polar surface area (TPSA) is 24.9 Å². The molecule has 19 heavy (non-hydrogen) atoms. The third-order valence-electron chi connectivity index (χ3n) is 2.75. The summed E-state index contributed by atoms with van der Waals surface area (Å²) in [5, 5.41) is 6.61. The van der Waals surface area contributed by atoms with E-state index < -0.39 is 0 Å². The van der Waals surface area contributed by atoms with Gasteiger partial charge in [-0.2, -0.15) is 0 Å². The van der Waals surface area contributed by atoms with Gasteiger partial charge < -0.3 is 5.32 Å². The molecule has 0 saturated heterocycles. The van der Waals surface area contributed by atoms with E-state index in [1.807, 2.05) is 18.8 Å². The first-order chi connectivity index (χ1) is 9.31. The van der Waals surface area contributed by atoms with Crippen molar-refractivity contribution in [3.05, 3.63) is 45.9 Å². The third-order valence-corrected chi connectivity index (χ3v) is 4.76.